The Morgan fingerprint density at radius 3 is 2.69 bits per heavy atom. The van der Waals surface area contributed by atoms with Crippen molar-refractivity contribution in [2.24, 2.45) is 0 Å². The van der Waals surface area contributed by atoms with Gasteiger partial charge < -0.3 is 15.1 Å². The van der Waals surface area contributed by atoms with Crippen LogP contribution >= 0.6 is 0 Å². The first-order chi connectivity index (χ1) is 15.2. The number of carbonyl (C=O) groups is 1. The van der Waals surface area contributed by atoms with Gasteiger partial charge in [-0.15, -0.1) is 0 Å². The number of aliphatic carboxylic acids is 1. The number of nitrogens with zero attached hydrogens (tertiary/aromatic N) is 1. The number of hydrogen-bond acceptors (Lipinski definition) is 6. The van der Waals surface area contributed by atoms with E-state index in [0.29, 0.717) is 27.0 Å². The summed E-state index contributed by atoms with van der Waals surface area (Å²) in [7, 11) is 0.241. The van der Waals surface area contributed by atoms with Crippen molar-refractivity contribution in [2.45, 2.75) is 69.5 Å². The van der Waals surface area contributed by atoms with E-state index < -0.39 is 23.3 Å². The van der Waals surface area contributed by atoms with Crippen LogP contribution in [-0.4, -0.2) is 50.5 Å². The van der Waals surface area contributed by atoms with Gasteiger partial charge in [-0.05, 0) is 43.0 Å². The molecule has 0 saturated carbocycles. The Labute approximate surface area is 193 Å². The molecule has 0 saturated heterocycles. The lowest BCUT2D eigenvalue weighted by molar-refractivity contribution is -0.155. The summed E-state index contributed by atoms with van der Waals surface area (Å²) in [5, 5.41) is 23.5. The Morgan fingerprint density at radius 1 is 1.44 bits per heavy atom. The van der Waals surface area contributed by atoms with Crippen molar-refractivity contribution in [2.75, 3.05) is 19.4 Å². The molecule has 32 heavy (non-hydrogen) atoms. The fourth-order valence-corrected chi connectivity index (χ4v) is 6.03. The van der Waals surface area contributed by atoms with Crippen LogP contribution in [0.3, 0.4) is 0 Å². The normalized spacial score (nSPS) is 23.5. The van der Waals surface area contributed by atoms with Crippen LogP contribution in [0.15, 0.2) is 41.3 Å². The third-order valence-corrected chi connectivity index (χ3v) is 7.74. The number of nitrogens with one attached hydrogen (secondary N) is 1. The number of allylic oxidation sites excluding steroid dienone is 1. The molecule has 2 rings (SSSR count). The van der Waals surface area contributed by atoms with E-state index in [1.165, 1.54) is 7.11 Å². The highest BCUT2D eigenvalue weighted by Gasteiger charge is 2.39. The van der Waals surface area contributed by atoms with Crippen molar-refractivity contribution >= 4 is 16.8 Å². The van der Waals surface area contributed by atoms with Gasteiger partial charge in [0.25, 0.3) is 0 Å². The van der Waals surface area contributed by atoms with Crippen LogP contribution in [0.25, 0.3) is 0 Å². The van der Waals surface area contributed by atoms with Crippen LogP contribution in [0, 0.1) is 0 Å². The molecule has 0 aliphatic carbocycles. The van der Waals surface area contributed by atoms with Crippen LogP contribution in [-0.2, 0) is 22.1 Å². The van der Waals surface area contributed by atoms with Crippen molar-refractivity contribution in [1.82, 2.24) is 10.4 Å². The molecule has 0 bridgehead atoms. The zero-order valence-electron chi connectivity index (χ0n) is 19.5. The summed E-state index contributed by atoms with van der Waals surface area (Å²) in [4.78, 5) is 11.6. The Hall–Kier alpha value is -2.00. The molecule has 1 unspecified atom stereocenters. The van der Waals surface area contributed by atoms with Crippen molar-refractivity contribution in [3.8, 4) is 5.75 Å². The van der Waals surface area contributed by atoms with E-state index in [1.807, 2.05) is 25.1 Å². The van der Waals surface area contributed by atoms with Gasteiger partial charge in [0.2, 0.25) is 0 Å². The van der Waals surface area contributed by atoms with Crippen LogP contribution in [0.2, 0.25) is 0 Å². The molecule has 0 fully saturated rings. The first-order valence-electron chi connectivity index (χ1n) is 11.0. The summed E-state index contributed by atoms with van der Waals surface area (Å²) >= 11 is 0. The van der Waals surface area contributed by atoms with E-state index in [0.717, 1.165) is 36.8 Å². The molecule has 8 heteroatoms. The van der Waals surface area contributed by atoms with Crippen molar-refractivity contribution < 1.29 is 24.1 Å². The lowest BCUT2D eigenvalue weighted by atomic mass is 9.87. The zero-order valence-corrected chi connectivity index (χ0v) is 20.3. The van der Waals surface area contributed by atoms with Crippen LogP contribution in [0.1, 0.15) is 63.6 Å². The predicted molar refractivity (Wildman–Crippen MR) is 126 cm³/mol. The fourth-order valence-electron chi connectivity index (χ4n) is 4.22. The summed E-state index contributed by atoms with van der Waals surface area (Å²) in [6, 6.07) is 3.43. The number of fused-ring (bicyclic) bond motifs is 1. The van der Waals surface area contributed by atoms with Gasteiger partial charge in [-0.3, -0.25) is 14.3 Å². The topological polar surface area (TPSA) is 99.1 Å². The summed E-state index contributed by atoms with van der Waals surface area (Å²) in [6.45, 7) is 9.64. The average Bonchev–Trinajstić information content (AvgIpc) is 2.87. The Kier molecular flexibility index (Phi) is 9.64. The van der Waals surface area contributed by atoms with Crippen molar-refractivity contribution in [3.05, 3.63) is 47.6 Å². The molecule has 7 nitrogen and oxygen atoms in total. The summed E-state index contributed by atoms with van der Waals surface area (Å²) in [5.74, 6) is -0.152. The number of carboxylic acids is 1. The third kappa shape index (κ3) is 6.07. The molecule has 1 aliphatic rings. The molecule has 1 aromatic rings. The number of ether oxygens (including phenoxy) is 1. The van der Waals surface area contributed by atoms with E-state index >= 15 is 0 Å². The molecule has 1 aliphatic heterocycles. The maximum absolute atomic E-state index is 13.6. The number of rotatable bonds is 11. The summed E-state index contributed by atoms with van der Waals surface area (Å²) in [6.07, 6.45) is 7.66. The van der Waals surface area contributed by atoms with Gasteiger partial charge in [0.05, 0.1) is 30.5 Å². The summed E-state index contributed by atoms with van der Waals surface area (Å²) in [5.41, 5.74) is 2.14. The third-order valence-electron chi connectivity index (χ3n) is 6.09. The van der Waals surface area contributed by atoms with E-state index in [2.05, 4.69) is 25.7 Å². The largest absolute Gasteiger partial charge is 0.496 e. The SMILES string of the molecule is C=C/C(=C\C)[C@H]1N[C@](CC)(CCCC)CS(=O)c2cc(CN(O)CC(=O)O)c(OC)cc21. The number of benzene rings is 1. The Bertz CT molecular complexity index is 885. The van der Waals surface area contributed by atoms with Gasteiger partial charge in [-0.2, -0.15) is 5.06 Å². The maximum atomic E-state index is 13.6. The van der Waals surface area contributed by atoms with Gasteiger partial charge in [-0.1, -0.05) is 45.4 Å². The van der Waals surface area contributed by atoms with Crippen LogP contribution in [0.5, 0.6) is 5.75 Å². The number of methoxy groups -OCH3 is 1. The molecule has 1 heterocycles. The quantitative estimate of drug-likeness (QED) is 0.333. The van der Waals surface area contributed by atoms with Crippen molar-refractivity contribution in [1.29, 1.82) is 0 Å². The predicted octanol–water partition coefficient (Wildman–Crippen LogP) is 4.19. The fraction of sp³-hybridized carbons (Fsp3) is 0.542. The van der Waals surface area contributed by atoms with Gasteiger partial charge >= 0.3 is 5.97 Å². The molecule has 0 spiro atoms. The second kappa shape index (κ2) is 11.7. The highest BCUT2D eigenvalue weighted by molar-refractivity contribution is 7.85. The van der Waals surface area contributed by atoms with Crippen LogP contribution < -0.4 is 10.1 Å². The minimum absolute atomic E-state index is 0.0509. The Morgan fingerprint density at radius 2 is 2.16 bits per heavy atom. The van der Waals surface area contributed by atoms with Gasteiger partial charge in [0.1, 0.15) is 12.3 Å². The molecular formula is C24H36N2O5S. The number of unbranched alkanes of at least 4 members (excludes halogenated alkanes) is 1. The standard InChI is InChI=1S/C24H36N2O5S/c1-6-10-11-24(9-4)16-32(30)21-12-18(14-26(29)15-22(27)28)20(31-5)13-19(21)23(25-24)17(7-2)8-3/h7-8,12-13,23,25,29H,2,6,9-11,14-16H2,1,3-5H3,(H,27,28)/b17-8+/t23-,24-,32?/m1/s1. The van der Waals surface area contributed by atoms with Crippen molar-refractivity contribution in [3.63, 3.8) is 0 Å². The lowest BCUT2D eigenvalue weighted by Crippen LogP contribution is -2.49. The smallest absolute Gasteiger partial charge is 0.320 e. The molecule has 0 radical (unpaired) electrons. The first-order valence-corrected chi connectivity index (χ1v) is 12.4. The number of hydroxylamine groups is 2. The first kappa shape index (κ1) is 26.3. The molecule has 0 amide bonds. The van der Waals surface area contributed by atoms with E-state index in [-0.39, 0.29) is 18.1 Å². The number of carboxylic acid groups (broad SMARTS) is 1. The monoisotopic (exact) mass is 464 g/mol. The molecule has 3 N–H and O–H groups in total. The molecule has 1 aromatic carbocycles. The Balaban J connectivity index is 2.63. The average molecular weight is 465 g/mol. The minimum atomic E-state index is -1.29. The van der Waals surface area contributed by atoms with E-state index in [9.17, 15) is 14.2 Å². The molecule has 3 atom stereocenters. The summed E-state index contributed by atoms with van der Waals surface area (Å²) < 4.78 is 19.2. The molecule has 178 valence electrons. The molecular weight excluding hydrogens is 428 g/mol. The van der Waals surface area contributed by atoms with Gasteiger partial charge in [0, 0.05) is 21.8 Å². The highest BCUT2D eigenvalue weighted by Crippen LogP contribution is 2.40. The van der Waals surface area contributed by atoms with Gasteiger partial charge in [-0.25, -0.2) is 0 Å². The molecule has 0 aromatic heterocycles. The van der Waals surface area contributed by atoms with Gasteiger partial charge in [0.15, 0.2) is 0 Å². The number of hydrogen-bond donors (Lipinski definition) is 3. The second-order valence-electron chi connectivity index (χ2n) is 8.22. The highest BCUT2D eigenvalue weighted by atomic mass is 32.2. The van der Waals surface area contributed by atoms with E-state index in [1.54, 1.807) is 6.07 Å². The zero-order chi connectivity index (χ0) is 23.9. The minimum Gasteiger partial charge on any atom is -0.496 e. The van der Waals surface area contributed by atoms with E-state index in [4.69, 9.17) is 9.84 Å². The maximum Gasteiger partial charge on any atom is 0.320 e. The lowest BCUT2D eigenvalue weighted by Gasteiger charge is -2.36. The second-order valence-corrected chi connectivity index (χ2v) is 9.64. The van der Waals surface area contributed by atoms with Crippen LogP contribution in [0.4, 0.5) is 0 Å².